The number of hydrogen-bond donors (Lipinski definition) is 2. The molecule has 0 aromatic carbocycles. The van der Waals surface area contributed by atoms with Crippen molar-refractivity contribution in [2.24, 2.45) is 5.73 Å². The lowest BCUT2D eigenvalue weighted by Gasteiger charge is -2.26. The first-order chi connectivity index (χ1) is 7.78. The number of sulfone groups is 1. The first kappa shape index (κ1) is 16.4. The predicted molar refractivity (Wildman–Crippen MR) is 72.2 cm³/mol. The lowest BCUT2D eigenvalue weighted by atomic mass is 10.3. The van der Waals surface area contributed by atoms with Crippen molar-refractivity contribution in [2.45, 2.75) is 39.7 Å². The van der Waals surface area contributed by atoms with Crippen LogP contribution in [0.25, 0.3) is 0 Å². The van der Waals surface area contributed by atoms with Crippen molar-refractivity contribution in [2.75, 3.05) is 24.6 Å². The second-order valence-corrected chi connectivity index (χ2v) is 6.86. The molecule has 17 heavy (non-hydrogen) atoms. The standard InChI is InChI=1S/C11H25N3O2S/c1-4-8-17(15,16)9-7-14(10(2)3)6-5-11(12)13/h10H,4-9H2,1-3H3,(H3,12,13). The molecule has 0 saturated carbocycles. The van der Waals surface area contributed by atoms with Crippen LogP contribution in [0.3, 0.4) is 0 Å². The molecule has 0 amide bonds. The highest BCUT2D eigenvalue weighted by Gasteiger charge is 2.15. The molecule has 0 aromatic heterocycles. The Bertz CT molecular complexity index is 326. The summed E-state index contributed by atoms with van der Waals surface area (Å²) in [6, 6.07) is 0.270. The molecule has 0 aliphatic rings. The van der Waals surface area contributed by atoms with Crippen molar-refractivity contribution in [1.29, 1.82) is 5.41 Å². The average molecular weight is 263 g/mol. The Hall–Kier alpha value is -0.620. The molecule has 0 spiro atoms. The summed E-state index contributed by atoms with van der Waals surface area (Å²) in [7, 11) is -2.93. The van der Waals surface area contributed by atoms with E-state index in [-0.39, 0.29) is 23.4 Å². The smallest absolute Gasteiger partial charge is 0.151 e. The SMILES string of the molecule is CCCS(=O)(=O)CCN(CCC(=N)N)C(C)C. The van der Waals surface area contributed by atoms with E-state index in [4.69, 9.17) is 11.1 Å². The summed E-state index contributed by atoms with van der Waals surface area (Å²) in [5, 5.41) is 7.18. The van der Waals surface area contributed by atoms with Crippen molar-refractivity contribution < 1.29 is 8.42 Å². The molecule has 0 saturated heterocycles. The van der Waals surface area contributed by atoms with Gasteiger partial charge in [0.2, 0.25) is 0 Å². The van der Waals surface area contributed by atoms with Gasteiger partial charge in [0, 0.05) is 31.3 Å². The van der Waals surface area contributed by atoms with E-state index in [0.717, 1.165) is 0 Å². The summed E-state index contributed by atoms with van der Waals surface area (Å²) in [4.78, 5) is 2.05. The van der Waals surface area contributed by atoms with E-state index in [2.05, 4.69) is 4.90 Å². The Morgan fingerprint density at radius 2 is 1.88 bits per heavy atom. The number of nitrogens with two attached hydrogens (primary N) is 1. The van der Waals surface area contributed by atoms with Gasteiger partial charge in [0.05, 0.1) is 11.6 Å². The van der Waals surface area contributed by atoms with Crippen LogP contribution in [-0.4, -0.2) is 49.8 Å². The van der Waals surface area contributed by atoms with E-state index >= 15 is 0 Å². The molecule has 0 aliphatic heterocycles. The van der Waals surface area contributed by atoms with Crippen molar-refractivity contribution in [3.05, 3.63) is 0 Å². The van der Waals surface area contributed by atoms with Crippen molar-refractivity contribution in [3.8, 4) is 0 Å². The van der Waals surface area contributed by atoms with Crippen LogP contribution < -0.4 is 5.73 Å². The van der Waals surface area contributed by atoms with Crippen molar-refractivity contribution in [1.82, 2.24) is 4.90 Å². The topological polar surface area (TPSA) is 87.2 Å². The van der Waals surface area contributed by atoms with Gasteiger partial charge < -0.3 is 5.73 Å². The molecule has 0 aliphatic carbocycles. The van der Waals surface area contributed by atoms with E-state index in [0.29, 0.717) is 25.9 Å². The van der Waals surface area contributed by atoms with E-state index in [1.807, 2.05) is 20.8 Å². The average Bonchev–Trinajstić information content (AvgIpc) is 2.16. The Morgan fingerprint density at radius 1 is 1.29 bits per heavy atom. The minimum Gasteiger partial charge on any atom is -0.388 e. The third kappa shape index (κ3) is 8.15. The van der Waals surface area contributed by atoms with Crippen LogP contribution >= 0.6 is 0 Å². The van der Waals surface area contributed by atoms with E-state index in [1.54, 1.807) is 0 Å². The summed E-state index contributed by atoms with van der Waals surface area (Å²) < 4.78 is 23.2. The molecule has 0 radical (unpaired) electrons. The Balaban J connectivity index is 4.22. The molecule has 0 rings (SSSR count). The highest BCUT2D eigenvalue weighted by molar-refractivity contribution is 7.91. The van der Waals surface area contributed by atoms with Crippen LogP contribution in [0.1, 0.15) is 33.6 Å². The quantitative estimate of drug-likeness (QED) is 0.477. The van der Waals surface area contributed by atoms with E-state index in [9.17, 15) is 8.42 Å². The zero-order chi connectivity index (χ0) is 13.5. The van der Waals surface area contributed by atoms with Gasteiger partial charge in [-0.1, -0.05) is 6.92 Å². The van der Waals surface area contributed by atoms with Gasteiger partial charge in [0.1, 0.15) is 0 Å². The van der Waals surface area contributed by atoms with E-state index < -0.39 is 9.84 Å². The Labute approximate surface area is 105 Å². The largest absolute Gasteiger partial charge is 0.388 e. The Morgan fingerprint density at radius 3 is 2.29 bits per heavy atom. The highest BCUT2D eigenvalue weighted by atomic mass is 32.2. The van der Waals surface area contributed by atoms with Crippen molar-refractivity contribution in [3.63, 3.8) is 0 Å². The molecule has 5 nitrogen and oxygen atoms in total. The number of hydrogen-bond acceptors (Lipinski definition) is 4. The zero-order valence-electron chi connectivity index (χ0n) is 11.1. The van der Waals surface area contributed by atoms with Gasteiger partial charge in [0.25, 0.3) is 0 Å². The normalized spacial score (nSPS) is 12.3. The minimum atomic E-state index is -2.93. The molecule has 3 N–H and O–H groups in total. The summed E-state index contributed by atoms with van der Waals surface area (Å²) in [5.74, 6) is 0.592. The maximum Gasteiger partial charge on any atom is 0.151 e. The van der Waals surface area contributed by atoms with Gasteiger partial charge in [-0.05, 0) is 20.3 Å². The molecule has 102 valence electrons. The third-order valence-electron chi connectivity index (χ3n) is 2.60. The molecular weight excluding hydrogens is 238 g/mol. The molecular formula is C11H25N3O2S. The van der Waals surface area contributed by atoms with Gasteiger partial charge in [-0.25, -0.2) is 8.42 Å². The fourth-order valence-corrected chi connectivity index (χ4v) is 2.90. The number of rotatable bonds is 9. The third-order valence-corrected chi connectivity index (χ3v) is 4.44. The number of nitrogens with zero attached hydrogens (tertiary/aromatic N) is 1. The lowest BCUT2D eigenvalue weighted by molar-refractivity contribution is 0.241. The molecule has 6 heteroatoms. The molecule has 0 bridgehead atoms. The fourth-order valence-electron chi connectivity index (χ4n) is 1.56. The van der Waals surface area contributed by atoms with Crippen LogP contribution in [0.2, 0.25) is 0 Å². The first-order valence-electron chi connectivity index (χ1n) is 6.06. The molecule has 0 aromatic rings. The summed E-state index contributed by atoms with van der Waals surface area (Å²) in [6.07, 6.45) is 1.16. The second-order valence-electron chi connectivity index (χ2n) is 4.56. The molecule has 0 heterocycles. The second kappa shape index (κ2) is 7.66. The molecule has 0 atom stereocenters. The summed E-state index contributed by atoms with van der Waals surface area (Å²) in [6.45, 7) is 7.08. The fraction of sp³-hybridized carbons (Fsp3) is 0.909. The van der Waals surface area contributed by atoms with Crippen LogP contribution in [0, 0.1) is 5.41 Å². The van der Waals surface area contributed by atoms with Gasteiger partial charge in [-0.2, -0.15) is 0 Å². The predicted octanol–water partition coefficient (Wildman–Crippen LogP) is 0.848. The zero-order valence-corrected chi connectivity index (χ0v) is 11.9. The van der Waals surface area contributed by atoms with Crippen LogP contribution in [0.5, 0.6) is 0 Å². The van der Waals surface area contributed by atoms with E-state index in [1.165, 1.54) is 0 Å². The lowest BCUT2D eigenvalue weighted by Crippen LogP contribution is -2.37. The monoisotopic (exact) mass is 263 g/mol. The number of nitrogens with one attached hydrogen (secondary N) is 1. The van der Waals surface area contributed by atoms with Gasteiger partial charge in [-0.3, -0.25) is 10.3 Å². The van der Waals surface area contributed by atoms with Crippen LogP contribution in [-0.2, 0) is 9.84 Å². The van der Waals surface area contributed by atoms with Gasteiger partial charge >= 0.3 is 0 Å². The first-order valence-corrected chi connectivity index (χ1v) is 7.88. The van der Waals surface area contributed by atoms with Gasteiger partial charge in [0.15, 0.2) is 9.84 Å². The Kier molecular flexibility index (Phi) is 7.38. The maximum absolute atomic E-state index is 11.6. The summed E-state index contributed by atoms with van der Waals surface area (Å²) in [5.41, 5.74) is 5.31. The van der Waals surface area contributed by atoms with Crippen LogP contribution in [0.4, 0.5) is 0 Å². The number of amidine groups is 1. The van der Waals surface area contributed by atoms with Crippen LogP contribution in [0.15, 0.2) is 0 Å². The van der Waals surface area contributed by atoms with Gasteiger partial charge in [-0.15, -0.1) is 0 Å². The molecule has 0 unspecified atom stereocenters. The van der Waals surface area contributed by atoms with Crippen molar-refractivity contribution >= 4 is 15.7 Å². The molecule has 0 fully saturated rings. The highest BCUT2D eigenvalue weighted by Crippen LogP contribution is 2.02. The minimum absolute atomic E-state index is 0.145. The maximum atomic E-state index is 11.6. The summed E-state index contributed by atoms with van der Waals surface area (Å²) >= 11 is 0.